The third kappa shape index (κ3) is 2.29. The van der Waals surface area contributed by atoms with E-state index in [0.29, 0.717) is 6.42 Å². The van der Waals surface area contributed by atoms with Gasteiger partial charge in [-0.15, -0.1) is 0 Å². The number of benzene rings is 1. The molecule has 0 spiro atoms. The van der Waals surface area contributed by atoms with Crippen molar-refractivity contribution in [2.24, 2.45) is 0 Å². The number of quaternary nitrogens is 1. The zero-order valence-corrected chi connectivity index (χ0v) is 12.8. The Morgan fingerprint density at radius 3 is 2.96 bits per heavy atom. The highest BCUT2D eigenvalue weighted by Crippen LogP contribution is 2.31. The molecule has 0 aliphatic carbocycles. The lowest BCUT2D eigenvalue weighted by atomic mass is 9.91. The Hall–Kier alpha value is -2.66. The molecule has 1 aromatic carbocycles. The number of pyridine rings is 1. The number of aromatic nitrogens is 2. The van der Waals surface area contributed by atoms with Crippen molar-refractivity contribution < 1.29 is 14.8 Å². The summed E-state index contributed by atoms with van der Waals surface area (Å²) in [6.45, 7) is 0. The van der Waals surface area contributed by atoms with Gasteiger partial charge in [-0.1, -0.05) is 18.2 Å². The number of H-pyrrole nitrogens is 1. The van der Waals surface area contributed by atoms with Gasteiger partial charge in [0.1, 0.15) is 0 Å². The number of ether oxygens (including phenoxy) is 1. The third-order valence-electron chi connectivity index (χ3n) is 4.55. The Bertz CT molecular complexity index is 857. The number of carbonyl (C=O) groups excluding carboxylic acids is 1. The molecule has 3 heterocycles. The number of nitrogens with one attached hydrogen (secondary N) is 1. The molecule has 0 unspecified atom stereocenters. The Labute approximate surface area is 133 Å². The normalized spacial score (nSPS) is 20.2. The van der Waals surface area contributed by atoms with Crippen molar-refractivity contribution in [3.05, 3.63) is 65.6 Å². The second-order valence-electron chi connectivity index (χ2n) is 5.85. The Balaban J connectivity index is 1.88. The summed E-state index contributed by atoms with van der Waals surface area (Å²) in [5.74, 6) is -0.185. The highest BCUT2D eigenvalue weighted by Gasteiger charge is 2.38. The number of esters is 1. The molecule has 116 valence electrons. The average Bonchev–Trinajstić information content (AvgIpc) is 2.99. The van der Waals surface area contributed by atoms with E-state index in [-0.39, 0.29) is 18.1 Å². The van der Waals surface area contributed by atoms with Gasteiger partial charge in [-0.05, 0) is 23.8 Å². The SMILES string of the molecule is COC(=O)[C@H]1Cc2c([nH]c3ccccc23)[C@@H](c2cccnc2)[NH2+]1. The fourth-order valence-corrected chi connectivity index (χ4v) is 3.47. The van der Waals surface area contributed by atoms with E-state index in [1.165, 1.54) is 18.1 Å². The second kappa shape index (κ2) is 5.52. The first kappa shape index (κ1) is 14.0. The molecule has 5 nitrogen and oxygen atoms in total. The van der Waals surface area contributed by atoms with Gasteiger partial charge in [0.2, 0.25) is 0 Å². The van der Waals surface area contributed by atoms with Crippen molar-refractivity contribution in [3.8, 4) is 0 Å². The molecule has 0 saturated carbocycles. The average molecular weight is 308 g/mol. The zero-order valence-electron chi connectivity index (χ0n) is 12.8. The van der Waals surface area contributed by atoms with Crippen LogP contribution in [-0.4, -0.2) is 29.1 Å². The number of rotatable bonds is 2. The van der Waals surface area contributed by atoms with Crippen molar-refractivity contribution in [1.29, 1.82) is 0 Å². The first-order valence-corrected chi connectivity index (χ1v) is 7.70. The number of nitrogens with two attached hydrogens (primary N) is 1. The van der Waals surface area contributed by atoms with Crippen molar-refractivity contribution >= 4 is 16.9 Å². The van der Waals surface area contributed by atoms with Gasteiger partial charge in [-0.3, -0.25) is 4.98 Å². The van der Waals surface area contributed by atoms with E-state index >= 15 is 0 Å². The van der Waals surface area contributed by atoms with Crippen molar-refractivity contribution in [2.75, 3.05) is 7.11 Å². The Morgan fingerprint density at radius 1 is 1.30 bits per heavy atom. The number of carbonyl (C=O) groups is 1. The molecule has 5 heteroatoms. The van der Waals surface area contributed by atoms with Crippen molar-refractivity contribution in [1.82, 2.24) is 9.97 Å². The summed E-state index contributed by atoms with van der Waals surface area (Å²) in [6, 6.07) is 12.0. The Kier molecular flexibility index (Phi) is 3.35. The molecule has 3 aromatic rings. The maximum absolute atomic E-state index is 12.1. The van der Waals surface area contributed by atoms with E-state index in [2.05, 4.69) is 27.4 Å². The summed E-state index contributed by atoms with van der Waals surface area (Å²) in [7, 11) is 1.44. The summed E-state index contributed by atoms with van der Waals surface area (Å²) in [5, 5.41) is 3.25. The van der Waals surface area contributed by atoms with Crippen LogP contribution in [0.4, 0.5) is 0 Å². The van der Waals surface area contributed by atoms with E-state index in [1.54, 1.807) is 6.20 Å². The van der Waals surface area contributed by atoms with Gasteiger partial charge >= 0.3 is 5.97 Å². The molecule has 0 amide bonds. The second-order valence-corrected chi connectivity index (χ2v) is 5.85. The molecule has 0 radical (unpaired) electrons. The fraction of sp³-hybridized carbons (Fsp3) is 0.222. The van der Waals surface area contributed by atoms with E-state index in [1.807, 2.05) is 30.5 Å². The number of nitrogens with zero attached hydrogens (tertiary/aromatic N) is 1. The van der Waals surface area contributed by atoms with Gasteiger partial charge < -0.3 is 15.0 Å². The molecular weight excluding hydrogens is 290 g/mol. The maximum atomic E-state index is 12.1. The van der Waals surface area contributed by atoms with Crippen LogP contribution in [0.1, 0.15) is 22.9 Å². The maximum Gasteiger partial charge on any atom is 0.364 e. The van der Waals surface area contributed by atoms with Crippen LogP contribution in [0.15, 0.2) is 48.8 Å². The number of hydrogen-bond donors (Lipinski definition) is 2. The predicted molar refractivity (Wildman–Crippen MR) is 85.8 cm³/mol. The molecule has 0 saturated heterocycles. The number of methoxy groups -OCH3 is 1. The number of fused-ring (bicyclic) bond motifs is 3. The first-order chi connectivity index (χ1) is 11.3. The number of aromatic amines is 1. The summed E-state index contributed by atoms with van der Waals surface area (Å²) >= 11 is 0. The van der Waals surface area contributed by atoms with E-state index in [0.717, 1.165) is 16.8 Å². The minimum Gasteiger partial charge on any atom is -0.465 e. The predicted octanol–water partition coefficient (Wildman–Crippen LogP) is 1.31. The van der Waals surface area contributed by atoms with Crippen LogP contribution >= 0.6 is 0 Å². The van der Waals surface area contributed by atoms with Gasteiger partial charge in [-0.2, -0.15) is 0 Å². The number of hydrogen-bond acceptors (Lipinski definition) is 3. The number of para-hydroxylation sites is 1. The molecule has 1 aliphatic heterocycles. The fourth-order valence-electron chi connectivity index (χ4n) is 3.47. The minimum atomic E-state index is -0.239. The molecule has 3 N–H and O–H groups in total. The van der Waals surface area contributed by atoms with Crippen LogP contribution in [0.2, 0.25) is 0 Å². The highest BCUT2D eigenvalue weighted by atomic mass is 16.5. The lowest BCUT2D eigenvalue weighted by Gasteiger charge is -2.26. The van der Waals surface area contributed by atoms with Crippen molar-refractivity contribution in [2.45, 2.75) is 18.5 Å². The van der Waals surface area contributed by atoms with Gasteiger partial charge in [0.15, 0.2) is 12.1 Å². The van der Waals surface area contributed by atoms with Crippen LogP contribution in [0, 0.1) is 0 Å². The third-order valence-corrected chi connectivity index (χ3v) is 4.55. The molecular formula is C18H18N3O2+. The summed E-state index contributed by atoms with van der Waals surface area (Å²) in [5.41, 5.74) is 4.53. The van der Waals surface area contributed by atoms with Crippen LogP contribution in [0.5, 0.6) is 0 Å². The van der Waals surface area contributed by atoms with Gasteiger partial charge in [0.05, 0.1) is 12.8 Å². The molecule has 0 fully saturated rings. The highest BCUT2D eigenvalue weighted by molar-refractivity contribution is 5.86. The monoisotopic (exact) mass is 308 g/mol. The molecule has 2 aromatic heterocycles. The molecule has 1 aliphatic rings. The standard InChI is InChI=1S/C18H17N3O2/c1-23-18(22)15-9-13-12-6-2-3-7-14(12)20-17(13)16(21-15)11-5-4-8-19-10-11/h2-8,10,15-16,20-21H,9H2,1H3/p+1/t15-,16-/m1/s1. The molecule has 0 bridgehead atoms. The van der Waals surface area contributed by atoms with E-state index < -0.39 is 0 Å². The minimum absolute atomic E-state index is 0.0175. The summed E-state index contributed by atoms with van der Waals surface area (Å²) in [4.78, 5) is 19.9. The van der Waals surface area contributed by atoms with Crippen molar-refractivity contribution in [3.63, 3.8) is 0 Å². The lowest BCUT2D eigenvalue weighted by molar-refractivity contribution is -0.712. The molecule has 4 rings (SSSR count). The summed E-state index contributed by atoms with van der Waals surface area (Å²) in [6.07, 6.45) is 4.29. The van der Waals surface area contributed by atoms with Crippen LogP contribution < -0.4 is 5.32 Å². The smallest absolute Gasteiger partial charge is 0.364 e. The molecule has 23 heavy (non-hydrogen) atoms. The lowest BCUT2D eigenvalue weighted by Crippen LogP contribution is -2.94. The van der Waals surface area contributed by atoms with Gasteiger partial charge in [-0.25, -0.2) is 4.79 Å². The topological polar surface area (TPSA) is 71.6 Å². The van der Waals surface area contributed by atoms with E-state index in [9.17, 15) is 4.79 Å². The van der Waals surface area contributed by atoms with Gasteiger partial charge in [0.25, 0.3) is 0 Å². The van der Waals surface area contributed by atoms with Crippen LogP contribution in [-0.2, 0) is 16.0 Å². The first-order valence-electron chi connectivity index (χ1n) is 7.70. The largest absolute Gasteiger partial charge is 0.465 e. The molecule has 2 atom stereocenters. The quantitative estimate of drug-likeness (QED) is 0.701. The summed E-state index contributed by atoms with van der Waals surface area (Å²) < 4.78 is 4.98. The zero-order chi connectivity index (χ0) is 15.8. The van der Waals surface area contributed by atoms with Crippen LogP contribution in [0.3, 0.4) is 0 Å². The van der Waals surface area contributed by atoms with E-state index in [4.69, 9.17) is 4.74 Å². The van der Waals surface area contributed by atoms with Gasteiger partial charge in [0, 0.05) is 35.3 Å². The Morgan fingerprint density at radius 2 is 2.17 bits per heavy atom. The van der Waals surface area contributed by atoms with Crippen LogP contribution in [0.25, 0.3) is 10.9 Å².